The second kappa shape index (κ2) is 5.92. The number of hydrogen-bond acceptors (Lipinski definition) is 3. The highest BCUT2D eigenvalue weighted by Crippen LogP contribution is 2.20. The largest absolute Gasteiger partial charge is 0.490 e. The van der Waals surface area contributed by atoms with Gasteiger partial charge in [0.1, 0.15) is 11.9 Å². The van der Waals surface area contributed by atoms with Gasteiger partial charge in [0.2, 0.25) is 0 Å². The first-order valence-corrected chi connectivity index (χ1v) is 6.52. The number of rotatable bonds is 4. The number of nitrogens with two attached hydrogens (primary N) is 1. The van der Waals surface area contributed by atoms with Gasteiger partial charge in [-0.05, 0) is 50.1 Å². The Morgan fingerprint density at radius 2 is 1.88 bits per heavy atom. The molecule has 0 bridgehead atoms. The number of piperidine rings is 1. The Bertz CT molecular complexity index is 329. The predicted octanol–water partition coefficient (Wildman–Crippen LogP) is 2.52. The van der Waals surface area contributed by atoms with Crippen molar-refractivity contribution in [2.24, 2.45) is 0 Å². The molecule has 0 unspecified atom stereocenters. The summed E-state index contributed by atoms with van der Waals surface area (Å²) in [5.74, 6) is 0.938. The quantitative estimate of drug-likeness (QED) is 0.814. The van der Waals surface area contributed by atoms with E-state index in [9.17, 15) is 0 Å². The van der Waals surface area contributed by atoms with Crippen LogP contribution >= 0.6 is 0 Å². The highest BCUT2D eigenvalue weighted by atomic mass is 16.5. The lowest BCUT2D eigenvalue weighted by Gasteiger charge is -2.31. The topological polar surface area (TPSA) is 38.5 Å². The molecular weight excluding hydrogens is 212 g/mol. The minimum Gasteiger partial charge on any atom is -0.490 e. The standard InChI is InChI=1S/C14H22N2O/c1-2-9-16-10-7-14(8-11-16)17-13-5-3-12(15)4-6-13/h3-6,14H,2,7-11,15H2,1H3. The number of ether oxygens (including phenoxy) is 1. The average Bonchev–Trinajstić information content (AvgIpc) is 2.35. The van der Waals surface area contributed by atoms with Crippen molar-refractivity contribution in [2.75, 3.05) is 25.4 Å². The molecule has 1 aliphatic rings. The van der Waals surface area contributed by atoms with Crippen LogP contribution in [0.1, 0.15) is 26.2 Å². The first-order chi connectivity index (χ1) is 8.28. The lowest BCUT2D eigenvalue weighted by Crippen LogP contribution is -2.38. The van der Waals surface area contributed by atoms with Crippen molar-refractivity contribution in [1.29, 1.82) is 0 Å². The van der Waals surface area contributed by atoms with Crippen molar-refractivity contribution in [2.45, 2.75) is 32.3 Å². The molecule has 2 rings (SSSR count). The third kappa shape index (κ3) is 3.63. The van der Waals surface area contributed by atoms with E-state index >= 15 is 0 Å². The molecule has 2 N–H and O–H groups in total. The summed E-state index contributed by atoms with van der Waals surface area (Å²) in [4.78, 5) is 2.52. The fourth-order valence-electron chi connectivity index (χ4n) is 2.31. The van der Waals surface area contributed by atoms with E-state index in [0.29, 0.717) is 6.10 Å². The Labute approximate surface area is 104 Å². The van der Waals surface area contributed by atoms with E-state index < -0.39 is 0 Å². The third-order valence-corrected chi connectivity index (χ3v) is 3.26. The molecule has 94 valence electrons. The number of benzene rings is 1. The van der Waals surface area contributed by atoms with Crippen LogP contribution in [0.4, 0.5) is 5.69 Å². The van der Waals surface area contributed by atoms with Crippen molar-refractivity contribution in [3.05, 3.63) is 24.3 Å². The zero-order valence-electron chi connectivity index (χ0n) is 10.6. The van der Waals surface area contributed by atoms with Crippen molar-refractivity contribution >= 4 is 5.69 Å². The SMILES string of the molecule is CCCN1CCC(Oc2ccc(N)cc2)CC1. The number of hydrogen-bond donors (Lipinski definition) is 1. The number of nitrogens with zero attached hydrogens (tertiary/aromatic N) is 1. The highest BCUT2D eigenvalue weighted by molar-refractivity contribution is 5.41. The van der Waals surface area contributed by atoms with E-state index in [1.54, 1.807) is 0 Å². The zero-order chi connectivity index (χ0) is 12.1. The van der Waals surface area contributed by atoms with Crippen molar-refractivity contribution in [3.8, 4) is 5.75 Å². The molecule has 17 heavy (non-hydrogen) atoms. The summed E-state index contributed by atoms with van der Waals surface area (Å²) in [6.07, 6.45) is 3.87. The van der Waals surface area contributed by atoms with Gasteiger partial charge in [0.15, 0.2) is 0 Å². The molecule has 0 amide bonds. The molecule has 0 radical (unpaired) electrons. The van der Waals surface area contributed by atoms with Crippen molar-refractivity contribution in [1.82, 2.24) is 4.90 Å². The molecule has 3 nitrogen and oxygen atoms in total. The summed E-state index contributed by atoms with van der Waals surface area (Å²) in [6.45, 7) is 5.77. The molecule has 1 aromatic rings. The van der Waals surface area contributed by atoms with Gasteiger partial charge in [-0.25, -0.2) is 0 Å². The van der Waals surface area contributed by atoms with Crippen LogP contribution in [-0.2, 0) is 0 Å². The van der Waals surface area contributed by atoms with E-state index in [-0.39, 0.29) is 0 Å². The third-order valence-electron chi connectivity index (χ3n) is 3.26. The van der Waals surface area contributed by atoms with Crippen LogP contribution in [0.2, 0.25) is 0 Å². The van der Waals surface area contributed by atoms with E-state index in [1.165, 1.54) is 13.0 Å². The average molecular weight is 234 g/mol. The maximum atomic E-state index is 5.95. The van der Waals surface area contributed by atoms with E-state index in [1.807, 2.05) is 24.3 Å². The van der Waals surface area contributed by atoms with E-state index in [4.69, 9.17) is 10.5 Å². The van der Waals surface area contributed by atoms with E-state index in [0.717, 1.165) is 37.4 Å². The molecule has 1 aliphatic heterocycles. The van der Waals surface area contributed by atoms with Crippen LogP contribution in [0.5, 0.6) is 5.75 Å². The molecule has 1 heterocycles. The van der Waals surface area contributed by atoms with E-state index in [2.05, 4.69) is 11.8 Å². The normalized spacial score (nSPS) is 18.2. The minimum absolute atomic E-state index is 0.367. The fourth-order valence-corrected chi connectivity index (χ4v) is 2.31. The van der Waals surface area contributed by atoms with Gasteiger partial charge in [-0.15, -0.1) is 0 Å². The molecule has 1 saturated heterocycles. The first kappa shape index (κ1) is 12.2. The summed E-state index contributed by atoms with van der Waals surface area (Å²) in [6, 6.07) is 7.69. The molecule has 3 heteroatoms. The van der Waals surface area contributed by atoms with Crippen LogP contribution in [0.15, 0.2) is 24.3 Å². The van der Waals surface area contributed by atoms with Gasteiger partial charge in [0.05, 0.1) is 0 Å². The molecule has 0 atom stereocenters. The summed E-state index contributed by atoms with van der Waals surface area (Å²) >= 11 is 0. The van der Waals surface area contributed by atoms with Crippen LogP contribution in [0.25, 0.3) is 0 Å². The molecular formula is C14H22N2O. The molecule has 0 saturated carbocycles. The maximum absolute atomic E-state index is 5.95. The molecule has 0 aliphatic carbocycles. The molecule has 1 fully saturated rings. The van der Waals surface area contributed by atoms with Crippen molar-refractivity contribution in [3.63, 3.8) is 0 Å². The van der Waals surface area contributed by atoms with Crippen LogP contribution in [0.3, 0.4) is 0 Å². The minimum atomic E-state index is 0.367. The van der Waals surface area contributed by atoms with Crippen LogP contribution in [-0.4, -0.2) is 30.6 Å². The Balaban J connectivity index is 1.79. The fraction of sp³-hybridized carbons (Fsp3) is 0.571. The summed E-state index contributed by atoms with van der Waals surface area (Å²) in [7, 11) is 0. The van der Waals surface area contributed by atoms with Crippen LogP contribution < -0.4 is 10.5 Å². The first-order valence-electron chi connectivity index (χ1n) is 6.52. The summed E-state index contributed by atoms with van der Waals surface area (Å²) in [5, 5.41) is 0. The van der Waals surface area contributed by atoms with Crippen LogP contribution in [0, 0.1) is 0 Å². The van der Waals surface area contributed by atoms with Crippen molar-refractivity contribution < 1.29 is 4.74 Å². The lowest BCUT2D eigenvalue weighted by atomic mass is 10.1. The van der Waals surface area contributed by atoms with Gasteiger partial charge in [0, 0.05) is 18.8 Å². The number of anilines is 1. The monoisotopic (exact) mass is 234 g/mol. The second-order valence-electron chi connectivity index (χ2n) is 4.73. The molecule has 1 aromatic carbocycles. The van der Waals surface area contributed by atoms with Gasteiger partial charge >= 0.3 is 0 Å². The Hall–Kier alpha value is -1.22. The van der Waals surface area contributed by atoms with Gasteiger partial charge in [-0.2, -0.15) is 0 Å². The van der Waals surface area contributed by atoms with Gasteiger partial charge in [-0.1, -0.05) is 6.92 Å². The van der Waals surface area contributed by atoms with Gasteiger partial charge < -0.3 is 15.4 Å². The maximum Gasteiger partial charge on any atom is 0.119 e. The second-order valence-corrected chi connectivity index (χ2v) is 4.73. The number of nitrogen functional groups attached to an aromatic ring is 1. The Morgan fingerprint density at radius 3 is 2.47 bits per heavy atom. The summed E-state index contributed by atoms with van der Waals surface area (Å²) in [5.41, 5.74) is 6.44. The van der Waals surface area contributed by atoms with Gasteiger partial charge in [-0.3, -0.25) is 0 Å². The zero-order valence-corrected chi connectivity index (χ0v) is 10.6. The number of likely N-dealkylation sites (tertiary alicyclic amines) is 1. The smallest absolute Gasteiger partial charge is 0.119 e. The highest BCUT2D eigenvalue weighted by Gasteiger charge is 2.19. The lowest BCUT2D eigenvalue weighted by molar-refractivity contribution is 0.101. The summed E-state index contributed by atoms with van der Waals surface area (Å²) < 4.78 is 5.95. The van der Waals surface area contributed by atoms with Gasteiger partial charge in [0.25, 0.3) is 0 Å². The Kier molecular flexibility index (Phi) is 4.26. The predicted molar refractivity (Wildman–Crippen MR) is 71.2 cm³/mol. The Morgan fingerprint density at radius 1 is 1.24 bits per heavy atom. The molecule has 0 aromatic heterocycles. The molecule has 0 spiro atoms.